The highest BCUT2D eigenvalue weighted by atomic mass is 127. The van der Waals surface area contributed by atoms with Gasteiger partial charge in [0, 0.05) is 36.0 Å². The Morgan fingerprint density at radius 2 is 1.91 bits per heavy atom. The summed E-state index contributed by atoms with van der Waals surface area (Å²) in [4.78, 5) is 1.67. The number of rotatable bonds is 0. The van der Waals surface area contributed by atoms with Crippen molar-refractivity contribution in [1.29, 1.82) is 0 Å². The van der Waals surface area contributed by atoms with E-state index in [0.717, 1.165) is 6.54 Å². The summed E-state index contributed by atoms with van der Waals surface area (Å²) in [5, 5.41) is 0. The van der Waals surface area contributed by atoms with Gasteiger partial charge in [-0.25, -0.2) is 11.9 Å². The molecule has 1 rings (SSSR count). The summed E-state index contributed by atoms with van der Waals surface area (Å²) in [6.07, 6.45) is 0. The van der Waals surface area contributed by atoms with Crippen molar-refractivity contribution in [3.63, 3.8) is 0 Å². The van der Waals surface area contributed by atoms with Crippen molar-refractivity contribution in [2.75, 3.05) is 33.2 Å². The number of alkyl halides is 2. The van der Waals surface area contributed by atoms with E-state index in [1.54, 1.807) is 15.1 Å². The van der Waals surface area contributed by atoms with E-state index in [1.807, 2.05) is 22.9 Å². The van der Waals surface area contributed by atoms with Crippen LogP contribution in [0.5, 0.6) is 0 Å². The lowest BCUT2D eigenvalue weighted by Crippen LogP contribution is -2.36. The second kappa shape index (κ2) is 3.49. The highest BCUT2D eigenvalue weighted by Crippen LogP contribution is 2.21. The first-order chi connectivity index (χ1) is 4.99. The van der Waals surface area contributed by atoms with Crippen LogP contribution in [0.4, 0.5) is 8.78 Å². The fraction of sp³-hybridized carbons (Fsp3) is 1.00. The van der Waals surface area contributed by atoms with Crippen LogP contribution < -0.4 is 0 Å². The van der Waals surface area contributed by atoms with Crippen molar-refractivity contribution < 1.29 is 8.78 Å². The molecule has 0 saturated carbocycles. The van der Waals surface area contributed by atoms with Gasteiger partial charge in [0.15, 0.2) is 0 Å². The summed E-state index contributed by atoms with van der Waals surface area (Å²) in [5.41, 5.74) is 0. The molecule has 0 N–H and O–H groups in total. The minimum absolute atomic E-state index is 0.119. The Balaban J connectivity index is 2.55. The Labute approximate surface area is 79.0 Å². The third-order valence-electron chi connectivity index (χ3n) is 1.63. The van der Waals surface area contributed by atoms with Gasteiger partial charge in [0.2, 0.25) is 0 Å². The molecule has 1 aliphatic heterocycles. The molecule has 1 fully saturated rings. The highest BCUT2D eigenvalue weighted by molar-refractivity contribution is 14.1. The van der Waals surface area contributed by atoms with Crippen LogP contribution in [-0.4, -0.2) is 47.2 Å². The molecule has 11 heavy (non-hydrogen) atoms. The summed E-state index contributed by atoms with van der Waals surface area (Å²) in [6, 6.07) is 0. The average Bonchev–Trinajstić information content (AvgIpc) is 1.89. The van der Waals surface area contributed by atoms with E-state index in [4.69, 9.17) is 0 Å². The monoisotopic (exact) mass is 276 g/mol. The number of hydrogen-bond donors (Lipinski definition) is 0. The Bertz CT molecular complexity index is 129. The van der Waals surface area contributed by atoms with Gasteiger partial charge >= 0.3 is 0 Å². The summed E-state index contributed by atoms with van der Waals surface area (Å²) in [6.45, 7) is 1.19. The molecule has 66 valence electrons. The van der Waals surface area contributed by atoms with Crippen LogP contribution in [0.3, 0.4) is 0 Å². The standard InChI is InChI=1S/C6H11F2IN2/c1-10-2-3-11(9)5-6(7,8)4-10/h2-5H2,1H3. The molecule has 0 amide bonds. The number of hydrogen-bond acceptors (Lipinski definition) is 2. The fourth-order valence-corrected chi connectivity index (χ4v) is 1.85. The van der Waals surface area contributed by atoms with Crippen molar-refractivity contribution in [3.8, 4) is 0 Å². The van der Waals surface area contributed by atoms with Crippen molar-refractivity contribution in [2.45, 2.75) is 5.92 Å². The van der Waals surface area contributed by atoms with E-state index in [0.29, 0.717) is 6.54 Å². The first kappa shape index (κ1) is 9.60. The summed E-state index contributed by atoms with van der Waals surface area (Å²) in [5.74, 6) is -2.55. The second-order valence-corrected chi connectivity index (χ2v) is 4.30. The van der Waals surface area contributed by atoms with E-state index in [2.05, 4.69) is 0 Å². The predicted octanol–water partition coefficient (Wildman–Crippen LogP) is 1.22. The zero-order valence-corrected chi connectivity index (χ0v) is 8.51. The molecular weight excluding hydrogens is 265 g/mol. The van der Waals surface area contributed by atoms with Crippen LogP contribution in [0.25, 0.3) is 0 Å². The molecule has 0 unspecified atom stereocenters. The summed E-state index contributed by atoms with van der Waals surface area (Å²) in [7, 11) is 1.73. The lowest BCUT2D eigenvalue weighted by atomic mass is 10.3. The average molecular weight is 276 g/mol. The second-order valence-electron chi connectivity index (χ2n) is 2.94. The first-order valence-corrected chi connectivity index (χ1v) is 4.43. The molecule has 0 bridgehead atoms. The maximum absolute atomic E-state index is 12.9. The van der Waals surface area contributed by atoms with Crippen molar-refractivity contribution in [1.82, 2.24) is 8.01 Å². The molecule has 0 aromatic carbocycles. The molecule has 1 heterocycles. The predicted molar refractivity (Wildman–Crippen MR) is 48.0 cm³/mol. The summed E-state index contributed by atoms with van der Waals surface area (Å²) >= 11 is 1.94. The first-order valence-electron chi connectivity index (χ1n) is 3.47. The van der Waals surface area contributed by atoms with Crippen LogP contribution in [0, 0.1) is 0 Å². The Hall–Kier alpha value is 0.510. The molecule has 0 spiro atoms. The molecule has 0 aliphatic carbocycles. The minimum Gasteiger partial charge on any atom is -0.299 e. The van der Waals surface area contributed by atoms with Gasteiger partial charge in [-0.15, -0.1) is 0 Å². The van der Waals surface area contributed by atoms with E-state index in [9.17, 15) is 8.78 Å². The van der Waals surface area contributed by atoms with Crippen molar-refractivity contribution >= 4 is 22.9 Å². The molecule has 0 aromatic rings. The van der Waals surface area contributed by atoms with Gasteiger partial charge in [0.25, 0.3) is 5.92 Å². The molecule has 5 heteroatoms. The Morgan fingerprint density at radius 1 is 1.27 bits per heavy atom. The minimum atomic E-state index is -2.55. The van der Waals surface area contributed by atoms with Crippen LogP contribution in [0.2, 0.25) is 0 Å². The van der Waals surface area contributed by atoms with Gasteiger partial charge in [0.1, 0.15) is 0 Å². The molecule has 1 aliphatic rings. The number of halogens is 3. The van der Waals surface area contributed by atoms with E-state index >= 15 is 0 Å². The fourth-order valence-electron chi connectivity index (χ4n) is 1.13. The normalized spacial score (nSPS) is 28.4. The third kappa shape index (κ3) is 3.16. The van der Waals surface area contributed by atoms with Crippen LogP contribution in [-0.2, 0) is 0 Å². The molecule has 0 atom stereocenters. The van der Waals surface area contributed by atoms with E-state index in [-0.39, 0.29) is 13.1 Å². The lowest BCUT2D eigenvalue weighted by Gasteiger charge is -2.18. The lowest BCUT2D eigenvalue weighted by molar-refractivity contribution is -0.0204. The number of likely N-dealkylation sites (N-methyl/N-ethyl adjacent to an activating group) is 1. The highest BCUT2D eigenvalue weighted by Gasteiger charge is 2.34. The summed E-state index contributed by atoms with van der Waals surface area (Å²) < 4.78 is 27.4. The molecule has 1 saturated heterocycles. The van der Waals surface area contributed by atoms with Crippen molar-refractivity contribution in [2.24, 2.45) is 0 Å². The van der Waals surface area contributed by atoms with Gasteiger partial charge in [-0.05, 0) is 7.05 Å². The maximum atomic E-state index is 12.9. The van der Waals surface area contributed by atoms with Crippen molar-refractivity contribution in [3.05, 3.63) is 0 Å². The smallest absolute Gasteiger partial charge is 0.273 e. The third-order valence-corrected chi connectivity index (χ3v) is 2.45. The van der Waals surface area contributed by atoms with Gasteiger partial charge in [0.05, 0.1) is 13.1 Å². The zero-order chi connectivity index (χ0) is 8.48. The van der Waals surface area contributed by atoms with Gasteiger partial charge < -0.3 is 0 Å². The van der Waals surface area contributed by atoms with E-state index < -0.39 is 5.92 Å². The largest absolute Gasteiger partial charge is 0.299 e. The van der Waals surface area contributed by atoms with Gasteiger partial charge in [-0.2, -0.15) is 0 Å². The molecular formula is C6H11F2IN2. The molecule has 0 radical (unpaired) electrons. The maximum Gasteiger partial charge on any atom is 0.273 e. The van der Waals surface area contributed by atoms with Crippen LogP contribution in [0.15, 0.2) is 0 Å². The van der Waals surface area contributed by atoms with Crippen LogP contribution >= 0.6 is 22.9 Å². The van der Waals surface area contributed by atoms with Gasteiger partial charge in [-0.3, -0.25) is 4.90 Å². The molecule has 0 aromatic heterocycles. The quantitative estimate of drug-likeness (QED) is 0.485. The SMILES string of the molecule is CN1CCN(I)CC(F)(F)C1. The molecule has 2 nitrogen and oxygen atoms in total. The van der Waals surface area contributed by atoms with Gasteiger partial charge in [-0.1, -0.05) is 0 Å². The Morgan fingerprint density at radius 3 is 2.55 bits per heavy atom. The Kier molecular flexibility index (Phi) is 3.04. The topological polar surface area (TPSA) is 6.48 Å². The number of nitrogens with zero attached hydrogens (tertiary/aromatic N) is 2. The zero-order valence-electron chi connectivity index (χ0n) is 6.36. The van der Waals surface area contributed by atoms with Crippen LogP contribution in [0.1, 0.15) is 0 Å². The van der Waals surface area contributed by atoms with E-state index in [1.165, 1.54) is 0 Å².